The van der Waals surface area contributed by atoms with Crippen LogP contribution in [-0.4, -0.2) is 20.3 Å². The van der Waals surface area contributed by atoms with Gasteiger partial charge >= 0.3 is 0 Å². The maximum Gasteiger partial charge on any atom is 0.297 e. The fourth-order valence-corrected chi connectivity index (χ4v) is 3.47. The van der Waals surface area contributed by atoms with Crippen LogP contribution in [0.1, 0.15) is 16.1 Å². The van der Waals surface area contributed by atoms with Crippen molar-refractivity contribution >= 4 is 39.1 Å². The largest absolute Gasteiger partial charge is 0.319 e. The van der Waals surface area contributed by atoms with Crippen molar-refractivity contribution in [2.45, 2.75) is 6.92 Å². The summed E-state index contributed by atoms with van der Waals surface area (Å²) in [6.07, 6.45) is 1.58. The molecule has 21 heavy (non-hydrogen) atoms. The van der Waals surface area contributed by atoms with Crippen molar-refractivity contribution < 1.29 is 4.79 Å². The number of rotatable bonds is 1. The zero-order chi connectivity index (χ0) is 15.1. The van der Waals surface area contributed by atoms with E-state index in [-0.39, 0.29) is 5.91 Å². The van der Waals surface area contributed by atoms with E-state index in [1.165, 1.54) is 16.0 Å². The number of halogens is 1. The molecule has 0 fully saturated rings. The number of benzene rings is 1. The van der Waals surface area contributed by atoms with Gasteiger partial charge in [0.05, 0.1) is 10.2 Å². The lowest BCUT2D eigenvalue weighted by molar-refractivity contribution is 0.0989. The SMILES string of the molecule is Cc1c(Cl)ccc2sc(=NC(=O)c3ccnn3C)n(C)c12. The highest BCUT2D eigenvalue weighted by atomic mass is 35.5. The highest BCUT2D eigenvalue weighted by Gasteiger charge is 2.12. The van der Waals surface area contributed by atoms with E-state index < -0.39 is 0 Å². The van der Waals surface area contributed by atoms with Crippen LogP contribution in [0, 0.1) is 6.92 Å². The first-order valence-corrected chi connectivity index (χ1v) is 7.50. The highest BCUT2D eigenvalue weighted by Crippen LogP contribution is 2.26. The lowest BCUT2D eigenvalue weighted by atomic mass is 10.2. The van der Waals surface area contributed by atoms with E-state index in [0.717, 1.165) is 15.8 Å². The Labute approximate surface area is 130 Å². The predicted molar refractivity (Wildman–Crippen MR) is 83.6 cm³/mol. The van der Waals surface area contributed by atoms with E-state index in [4.69, 9.17) is 11.6 Å². The molecule has 2 heterocycles. The summed E-state index contributed by atoms with van der Waals surface area (Å²) in [5.41, 5.74) is 2.45. The highest BCUT2D eigenvalue weighted by molar-refractivity contribution is 7.16. The summed E-state index contributed by atoms with van der Waals surface area (Å²) in [7, 11) is 3.61. The molecule has 0 unspecified atom stereocenters. The van der Waals surface area contributed by atoms with Crippen molar-refractivity contribution in [1.82, 2.24) is 14.3 Å². The number of aryl methyl sites for hydroxylation is 3. The maximum absolute atomic E-state index is 12.2. The van der Waals surface area contributed by atoms with Crippen LogP contribution < -0.4 is 4.80 Å². The first-order chi connectivity index (χ1) is 9.99. The third-order valence-electron chi connectivity index (χ3n) is 3.39. The smallest absolute Gasteiger partial charge is 0.297 e. The minimum Gasteiger partial charge on any atom is -0.319 e. The second-order valence-corrected chi connectivity index (χ2v) is 6.14. The minimum atomic E-state index is -0.305. The van der Waals surface area contributed by atoms with Crippen LogP contribution in [0.25, 0.3) is 10.2 Å². The molecule has 1 amide bonds. The second-order valence-electron chi connectivity index (χ2n) is 4.72. The quantitative estimate of drug-likeness (QED) is 0.692. The van der Waals surface area contributed by atoms with Gasteiger partial charge in [0.2, 0.25) is 0 Å². The molecule has 108 valence electrons. The zero-order valence-electron chi connectivity index (χ0n) is 11.8. The van der Waals surface area contributed by atoms with Crippen LogP contribution in [0.2, 0.25) is 5.02 Å². The van der Waals surface area contributed by atoms with Crippen LogP contribution in [0.4, 0.5) is 0 Å². The zero-order valence-corrected chi connectivity index (χ0v) is 13.4. The molecule has 0 aliphatic heterocycles. The Kier molecular flexibility index (Phi) is 3.43. The van der Waals surface area contributed by atoms with Gasteiger partial charge in [-0.2, -0.15) is 10.1 Å². The number of hydrogen-bond acceptors (Lipinski definition) is 3. The van der Waals surface area contributed by atoms with Gasteiger partial charge in [-0.05, 0) is 30.7 Å². The first-order valence-electron chi connectivity index (χ1n) is 6.30. The normalized spacial score (nSPS) is 12.3. The van der Waals surface area contributed by atoms with E-state index in [1.54, 1.807) is 19.3 Å². The summed E-state index contributed by atoms with van der Waals surface area (Å²) >= 11 is 7.62. The number of nitrogens with zero attached hydrogens (tertiary/aromatic N) is 4. The fraction of sp³-hybridized carbons (Fsp3) is 0.214. The lowest BCUT2D eigenvalue weighted by Gasteiger charge is -2.02. The first kappa shape index (κ1) is 14.0. The molecular weight excluding hydrogens is 308 g/mol. The molecule has 0 saturated carbocycles. The van der Waals surface area contributed by atoms with Gasteiger partial charge in [0.25, 0.3) is 5.91 Å². The summed E-state index contributed by atoms with van der Waals surface area (Å²) in [5, 5.41) is 4.69. The van der Waals surface area contributed by atoms with Crippen molar-refractivity contribution in [2.24, 2.45) is 19.1 Å². The lowest BCUT2D eigenvalue weighted by Crippen LogP contribution is -2.15. The third-order valence-corrected chi connectivity index (χ3v) is 4.90. The number of carbonyl (C=O) groups excluding carboxylic acids is 1. The molecule has 0 atom stereocenters. The molecule has 0 bridgehead atoms. The summed E-state index contributed by atoms with van der Waals surface area (Å²) in [6.45, 7) is 1.96. The standard InChI is InChI=1S/C14H13ClN4OS/c1-8-9(15)4-5-11-12(8)18(2)14(21-11)17-13(20)10-6-7-16-19(10)3/h4-7H,1-3H3. The number of amides is 1. The summed E-state index contributed by atoms with van der Waals surface area (Å²) < 4.78 is 4.47. The molecule has 2 aromatic heterocycles. The fourth-order valence-electron chi connectivity index (χ4n) is 2.24. The van der Waals surface area contributed by atoms with Crippen LogP contribution in [0.15, 0.2) is 29.4 Å². The molecule has 0 aliphatic rings. The third kappa shape index (κ3) is 2.30. The second kappa shape index (κ2) is 5.13. The van der Waals surface area contributed by atoms with Crippen LogP contribution in [-0.2, 0) is 14.1 Å². The molecule has 0 N–H and O–H groups in total. The van der Waals surface area contributed by atoms with Crippen LogP contribution in [0.3, 0.4) is 0 Å². The van der Waals surface area contributed by atoms with Gasteiger partial charge in [0.1, 0.15) is 5.69 Å². The number of thiazole rings is 1. The van der Waals surface area contributed by atoms with Gasteiger partial charge in [-0.25, -0.2) is 0 Å². The molecule has 3 aromatic rings. The Morgan fingerprint density at radius 2 is 2.10 bits per heavy atom. The van der Waals surface area contributed by atoms with Gasteiger partial charge in [-0.1, -0.05) is 22.9 Å². The van der Waals surface area contributed by atoms with E-state index >= 15 is 0 Å². The average molecular weight is 321 g/mol. The van der Waals surface area contributed by atoms with Crippen molar-refractivity contribution in [3.63, 3.8) is 0 Å². The van der Waals surface area contributed by atoms with Gasteiger partial charge in [0, 0.05) is 25.3 Å². The molecule has 0 saturated heterocycles. The summed E-state index contributed by atoms with van der Waals surface area (Å²) in [6, 6.07) is 5.46. The summed E-state index contributed by atoms with van der Waals surface area (Å²) in [5.74, 6) is -0.305. The molecular formula is C14H13ClN4OS. The number of hydrogen-bond donors (Lipinski definition) is 0. The minimum absolute atomic E-state index is 0.305. The molecule has 3 rings (SSSR count). The van der Waals surface area contributed by atoms with Crippen LogP contribution in [0.5, 0.6) is 0 Å². The molecule has 7 heteroatoms. The Bertz CT molecular complexity index is 919. The van der Waals surface area contributed by atoms with Crippen LogP contribution >= 0.6 is 22.9 Å². The Hall–Kier alpha value is -1.92. The van der Waals surface area contributed by atoms with Gasteiger partial charge < -0.3 is 4.57 Å². The Morgan fingerprint density at radius 1 is 1.33 bits per heavy atom. The number of aromatic nitrogens is 3. The van der Waals surface area contributed by atoms with E-state index in [9.17, 15) is 4.79 Å². The van der Waals surface area contributed by atoms with Gasteiger partial charge in [-0.3, -0.25) is 9.48 Å². The topological polar surface area (TPSA) is 52.2 Å². The summed E-state index contributed by atoms with van der Waals surface area (Å²) in [4.78, 5) is 17.1. The molecule has 5 nitrogen and oxygen atoms in total. The monoisotopic (exact) mass is 320 g/mol. The molecule has 1 aromatic carbocycles. The number of fused-ring (bicyclic) bond motifs is 1. The predicted octanol–water partition coefficient (Wildman–Crippen LogP) is 2.68. The number of carbonyl (C=O) groups is 1. The van der Waals surface area contributed by atoms with Crippen molar-refractivity contribution in [2.75, 3.05) is 0 Å². The van der Waals surface area contributed by atoms with Gasteiger partial charge in [-0.15, -0.1) is 0 Å². The Balaban J connectivity index is 2.20. The molecule has 0 aliphatic carbocycles. The average Bonchev–Trinajstić information content (AvgIpc) is 3.00. The van der Waals surface area contributed by atoms with Gasteiger partial charge in [0.15, 0.2) is 4.80 Å². The van der Waals surface area contributed by atoms with Crippen molar-refractivity contribution in [3.05, 3.63) is 45.5 Å². The van der Waals surface area contributed by atoms with E-state index in [1.807, 2.05) is 30.7 Å². The maximum atomic E-state index is 12.2. The van der Waals surface area contributed by atoms with E-state index in [2.05, 4.69) is 10.1 Å². The molecule has 0 spiro atoms. The van der Waals surface area contributed by atoms with Crippen molar-refractivity contribution in [3.8, 4) is 0 Å². The van der Waals surface area contributed by atoms with Crippen molar-refractivity contribution in [1.29, 1.82) is 0 Å². The van der Waals surface area contributed by atoms with E-state index in [0.29, 0.717) is 15.5 Å². The molecule has 0 radical (unpaired) electrons. The Morgan fingerprint density at radius 3 is 2.76 bits per heavy atom.